The Morgan fingerprint density at radius 1 is 1.16 bits per heavy atom. The van der Waals surface area contributed by atoms with Gasteiger partial charge in [0.05, 0.1) is 29.1 Å². The number of hydrogen-bond acceptors (Lipinski definition) is 6. The fourth-order valence-corrected chi connectivity index (χ4v) is 4.62. The third-order valence-electron chi connectivity index (χ3n) is 4.48. The third-order valence-corrected chi connectivity index (χ3v) is 6.36. The van der Waals surface area contributed by atoms with Crippen molar-refractivity contribution in [1.82, 2.24) is 15.1 Å². The number of carbonyl (C=O) groups is 2. The lowest BCUT2D eigenvalue weighted by molar-refractivity contribution is 0.0600. The maximum absolute atomic E-state index is 12.8. The third kappa shape index (κ3) is 5.27. The van der Waals surface area contributed by atoms with Gasteiger partial charge in [-0.2, -0.15) is 5.10 Å². The monoisotopic (exact) mass is 476 g/mol. The topological polar surface area (TPSA) is 119 Å². The van der Waals surface area contributed by atoms with Gasteiger partial charge < -0.3 is 10.1 Å². The minimum absolute atomic E-state index is 0.0364. The van der Waals surface area contributed by atoms with Gasteiger partial charge in [0.1, 0.15) is 10.6 Å². The molecule has 0 saturated heterocycles. The number of nitrogens with zero attached hydrogens (tertiary/aromatic N) is 2. The van der Waals surface area contributed by atoms with Crippen LogP contribution in [0.5, 0.6) is 0 Å². The molecule has 0 atom stereocenters. The van der Waals surface area contributed by atoms with E-state index in [4.69, 9.17) is 16.3 Å². The van der Waals surface area contributed by atoms with E-state index in [1.54, 1.807) is 32.2 Å². The molecule has 0 spiro atoms. The van der Waals surface area contributed by atoms with Gasteiger partial charge in [-0.1, -0.05) is 23.7 Å². The number of rotatable bonds is 7. The van der Waals surface area contributed by atoms with Gasteiger partial charge in [0.15, 0.2) is 0 Å². The fraction of sp³-hybridized carbons (Fsp3) is 0.190. The molecule has 2 aromatic carbocycles. The molecule has 3 aromatic rings. The van der Waals surface area contributed by atoms with Crippen molar-refractivity contribution >= 4 is 39.2 Å². The maximum atomic E-state index is 12.8. The van der Waals surface area contributed by atoms with Crippen LogP contribution in [0.4, 0.5) is 5.69 Å². The molecule has 9 nitrogen and oxygen atoms in total. The summed E-state index contributed by atoms with van der Waals surface area (Å²) >= 11 is 6.02. The summed E-state index contributed by atoms with van der Waals surface area (Å²) in [7, 11) is -1.15. The van der Waals surface area contributed by atoms with E-state index in [-0.39, 0.29) is 33.6 Å². The van der Waals surface area contributed by atoms with E-state index in [9.17, 15) is 18.0 Å². The zero-order chi connectivity index (χ0) is 23.5. The van der Waals surface area contributed by atoms with E-state index in [1.807, 2.05) is 0 Å². The first-order valence-corrected chi connectivity index (χ1v) is 11.3. The molecule has 0 fully saturated rings. The number of halogens is 1. The number of benzene rings is 2. The summed E-state index contributed by atoms with van der Waals surface area (Å²) in [5.74, 6) is -1.02. The van der Waals surface area contributed by atoms with Gasteiger partial charge in [0, 0.05) is 13.6 Å². The smallest absolute Gasteiger partial charge is 0.337 e. The summed E-state index contributed by atoms with van der Waals surface area (Å²) in [5.41, 5.74) is 1.78. The molecule has 0 unspecified atom stereocenters. The minimum Gasteiger partial charge on any atom is -0.465 e. The Kier molecular flexibility index (Phi) is 6.85. The first-order chi connectivity index (χ1) is 15.1. The number of hydrogen-bond donors (Lipinski definition) is 2. The van der Waals surface area contributed by atoms with Gasteiger partial charge in [0.25, 0.3) is 15.9 Å². The Labute approximate surface area is 190 Å². The average Bonchev–Trinajstić information content (AvgIpc) is 3.09. The van der Waals surface area contributed by atoms with Gasteiger partial charge in [-0.15, -0.1) is 0 Å². The fourth-order valence-electron chi connectivity index (χ4n) is 3.06. The standard InChI is InChI=1S/C21H21ClN4O5S/c1-13-8-18(26(2)24-13)20(27)23-12-14-9-15(21(28)31-3)11-16(10-14)25-32(29,30)19-7-5-4-6-17(19)22/h4-11,25H,12H2,1-3H3,(H,23,27). The number of amides is 1. The molecular formula is C21H21ClN4O5S. The molecule has 0 saturated carbocycles. The van der Waals surface area contributed by atoms with Gasteiger partial charge in [-0.05, 0) is 48.9 Å². The van der Waals surface area contributed by atoms with Crippen molar-refractivity contribution in [2.45, 2.75) is 18.4 Å². The van der Waals surface area contributed by atoms with Crippen LogP contribution in [0, 0.1) is 6.92 Å². The highest BCUT2D eigenvalue weighted by molar-refractivity contribution is 7.92. The van der Waals surface area contributed by atoms with Crippen LogP contribution < -0.4 is 10.0 Å². The predicted molar refractivity (Wildman–Crippen MR) is 119 cm³/mol. The van der Waals surface area contributed by atoms with Crippen molar-refractivity contribution in [3.8, 4) is 0 Å². The molecule has 11 heteroatoms. The number of carbonyl (C=O) groups excluding carboxylic acids is 2. The van der Waals surface area contributed by atoms with Gasteiger partial charge in [0.2, 0.25) is 0 Å². The molecule has 1 heterocycles. The Balaban J connectivity index is 1.88. The van der Waals surface area contributed by atoms with Crippen molar-refractivity contribution in [2.75, 3.05) is 11.8 Å². The second kappa shape index (κ2) is 9.41. The summed E-state index contributed by atoms with van der Waals surface area (Å²) in [6.07, 6.45) is 0. The molecule has 2 N–H and O–H groups in total. The van der Waals surface area contributed by atoms with Gasteiger partial charge in [-0.3, -0.25) is 14.2 Å². The number of aromatic nitrogens is 2. The highest BCUT2D eigenvalue weighted by atomic mass is 35.5. The van der Waals surface area contributed by atoms with E-state index in [1.165, 1.54) is 42.1 Å². The van der Waals surface area contributed by atoms with Crippen LogP contribution >= 0.6 is 11.6 Å². The Morgan fingerprint density at radius 2 is 1.88 bits per heavy atom. The molecule has 1 aromatic heterocycles. The summed E-state index contributed by atoms with van der Waals surface area (Å²) in [5, 5.41) is 6.93. The molecule has 0 radical (unpaired) electrons. The number of ether oxygens (including phenoxy) is 1. The van der Waals surface area contributed by atoms with Crippen molar-refractivity contribution in [1.29, 1.82) is 0 Å². The number of sulfonamides is 1. The molecule has 32 heavy (non-hydrogen) atoms. The number of aryl methyl sites for hydroxylation is 2. The normalized spacial score (nSPS) is 11.1. The van der Waals surface area contributed by atoms with E-state index in [2.05, 4.69) is 15.1 Å². The molecule has 1 amide bonds. The Morgan fingerprint density at radius 3 is 2.50 bits per heavy atom. The second-order valence-electron chi connectivity index (χ2n) is 6.92. The zero-order valence-corrected chi connectivity index (χ0v) is 19.1. The lowest BCUT2D eigenvalue weighted by Gasteiger charge is -2.13. The number of nitrogens with one attached hydrogen (secondary N) is 2. The molecular weight excluding hydrogens is 456 g/mol. The number of esters is 1. The SMILES string of the molecule is COC(=O)c1cc(CNC(=O)c2cc(C)nn2C)cc(NS(=O)(=O)c2ccccc2Cl)c1. The summed E-state index contributed by atoms with van der Waals surface area (Å²) in [4.78, 5) is 24.5. The lowest BCUT2D eigenvalue weighted by atomic mass is 10.1. The van der Waals surface area contributed by atoms with Crippen molar-refractivity contribution in [3.05, 3.63) is 76.1 Å². The van der Waals surface area contributed by atoms with Crippen LogP contribution in [-0.4, -0.2) is 37.2 Å². The van der Waals surface area contributed by atoms with Crippen LogP contribution in [0.25, 0.3) is 0 Å². The molecule has 0 aliphatic rings. The zero-order valence-electron chi connectivity index (χ0n) is 17.5. The van der Waals surface area contributed by atoms with Crippen LogP contribution in [0.1, 0.15) is 32.1 Å². The molecule has 0 aliphatic heterocycles. The first kappa shape index (κ1) is 23.3. The minimum atomic E-state index is -4.02. The average molecular weight is 477 g/mol. The van der Waals surface area contributed by atoms with Crippen LogP contribution in [0.15, 0.2) is 53.4 Å². The predicted octanol–water partition coefficient (Wildman–Crippen LogP) is 2.90. The number of methoxy groups -OCH3 is 1. The summed E-state index contributed by atoms with van der Waals surface area (Å²) < 4.78 is 34.2. The summed E-state index contributed by atoms with van der Waals surface area (Å²) in [6.45, 7) is 1.81. The second-order valence-corrected chi connectivity index (χ2v) is 8.98. The van der Waals surface area contributed by atoms with Crippen molar-refractivity contribution in [2.24, 2.45) is 7.05 Å². The Hall–Kier alpha value is -3.37. The first-order valence-electron chi connectivity index (χ1n) is 9.39. The molecule has 0 bridgehead atoms. The van der Waals surface area contributed by atoms with Gasteiger partial charge >= 0.3 is 5.97 Å². The highest BCUT2D eigenvalue weighted by Gasteiger charge is 2.19. The van der Waals surface area contributed by atoms with Crippen LogP contribution in [-0.2, 0) is 28.4 Å². The van der Waals surface area contributed by atoms with E-state index < -0.39 is 16.0 Å². The van der Waals surface area contributed by atoms with Crippen molar-refractivity contribution in [3.63, 3.8) is 0 Å². The van der Waals surface area contributed by atoms with Gasteiger partial charge in [-0.25, -0.2) is 13.2 Å². The Bertz CT molecular complexity index is 1290. The van der Waals surface area contributed by atoms with Crippen LogP contribution in [0.3, 0.4) is 0 Å². The van der Waals surface area contributed by atoms with E-state index in [0.29, 0.717) is 17.0 Å². The summed E-state index contributed by atoms with van der Waals surface area (Å²) in [6, 6.07) is 12.0. The molecule has 3 rings (SSSR count). The molecule has 168 valence electrons. The largest absolute Gasteiger partial charge is 0.465 e. The quantitative estimate of drug-likeness (QED) is 0.506. The highest BCUT2D eigenvalue weighted by Crippen LogP contribution is 2.25. The van der Waals surface area contributed by atoms with Crippen molar-refractivity contribution < 1.29 is 22.7 Å². The maximum Gasteiger partial charge on any atom is 0.337 e. The number of anilines is 1. The van der Waals surface area contributed by atoms with E-state index in [0.717, 1.165) is 0 Å². The molecule has 0 aliphatic carbocycles. The lowest BCUT2D eigenvalue weighted by Crippen LogP contribution is -2.25. The van der Waals surface area contributed by atoms with Crippen LogP contribution in [0.2, 0.25) is 5.02 Å². The van der Waals surface area contributed by atoms with E-state index >= 15 is 0 Å².